The van der Waals surface area contributed by atoms with Gasteiger partial charge in [0.1, 0.15) is 11.5 Å². The molecular formula is C14H13Cl2NO3S. The number of aliphatic carboxylic acids is 1. The van der Waals surface area contributed by atoms with E-state index in [1.54, 1.807) is 42.1 Å². The molecule has 0 spiro atoms. The van der Waals surface area contributed by atoms with E-state index < -0.39 is 12.0 Å². The van der Waals surface area contributed by atoms with E-state index in [-0.39, 0.29) is 5.02 Å². The average Bonchev–Trinajstić information content (AvgIpc) is 2.89. The van der Waals surface area contributed by atoms with E-state index in [9.17, 15) is 9.90 Å². The first-order valence-electron chi connectivity index (χ1n) is 6.04. The van der Waals surface area contributed by atoms with Crippen LogP contribution in [0.5, 0.6) is 0 Å². The van der Waals surface area contributed by atoms with Crippen LogP contribution < -0.4 is 5.32 Å². The maximum Gasteiger partial charge on any atom is 0.334 e. The van der Waals surface area contributed by atoms with E-state index >= 15 is 0 Å². The zero-order chi connectivity index (χ0) is 15.4. The van der Waals surface area contributed by atoms with Crippen molar-refractivity contribution in [2.45, 2.75) is 11.8 Å². The van der Waals surface area contributed by atoms with Gasteiger partial charge in [-0.15, -0.1) is 0 Å². The molecule has 1 heterocycles. The van der Waals surface area contributed by atoms with E-state index in [4.69, 9.17) is 27.6 Å². The lowest BCUT2D eigenvalue weighted by Crippen LogP contribution is -2.20. The quantitative estimate of drug-likeness (QED) is 0.795. The number of nitrogens with one attached hydrogen (secondary N) is 1. The molecule has 21 heavy (non-hydrogen) atoms. The standard InChI is InChI=1S/C14H13Cl2NO3S/c1-21-7-8-5-6-11(20-8)13(14(18)19)17-10-4-2-3-9(15)12(10)16/h2-6,13,17H,7H2,1H3,(H,18,19). The fourth-order valence-corrected chi connectivity index (χ4v) is 2.59. The number of hydrogen-bond donors (Lipinski definition) is 2. The normalized spacial score (nSPS) is 12.1. The molecule has 0 bridgehead atoms. The zero-order valence-electron chi connectivity index (χ0n) is 11.1. The molecule has 0 saturated carbocycles. The van der Waals surface area contributed by atoms with Gasteiger partial charge < -0.3 is 14.8 Å². The molecule has 0 amide bonds. The Morgan fingerprint density at radius 2 is 2.14 bits per heavy atom. The lowest BCUT2D eigenvalue weighted by atomic mass is 10.2. The van der Waals surface area contributed by atoms with Crippen molar-refractivity contribution in [2.24, 2.45) is 0 Å². The molecule has 112 valence electrons. The van der Waals surface area contributed by atoms with Crippen LogP contribution in [0.1, 0.15) is 17.6 Å². The van der Waals surface area contributed by atoms with E-state index in [0.29, 0.717) is 22.2 Å². The molecule has 0 aliphatic rings. The van der Waals surface area contributed by atoms with Crippen LogP contribution in [-0.4, -0.2) is 17.3 Å². The van der Waals surface area contributed by atoms with Gasteiger partial charge in [-0.3, -0.25) is 0 Å². The maximum absolute atomic E-state index is 11.5. The number of carboxylic acid groups (broad SMARTS) is 1. The first-order chi connectivity index (χ1) is 10.0. The first-order valence-corrected chi connectivity index (χ1v) is 8.18. The number of carbonyl (C=O) groups is 1. The number of halogens is 2. The second-order valence-electron chi connectivity index (χ2n) is 4.25. The smallest absolute Gasteiger partial charge is 0.334 e. The van der Waals surface area contributed by atoms with E-state index in [1.165, 1.54) is 0 Å². The molecule has 7 heteroatoms. The van der Waals surface area contributed by atoms with Gasteiger partial charge >= 0.3 is 5.97 Å². The number of furan rings is 1. The summed E-state index contributed by atoms with van der Waals surface area (Å²) >= 11 is 13.6. The number of hydrogen-bond acceptors (Lipinski definition) is 4. The highest BCUT2D eigenvalue weighted by molar-refractivity contribution is 7.97. The van der Waals surface area contributed by atoms with E-state index in [2.05, 4.69) is 5.32 Å². The van der Waals surface area contributed by atoms with Gasteiger partial charge in [0.05, 0.1) is 21.5 Å². The molecule has 0 aliphatic carbocycles. The average molecular weight is 346 g/mol. The third-order valence-corrected chi connectivity index (χ3v) is 4.14. The van der Waals surface area contributed by atoms with Crippen LogP contribution in [0.3, 0.4) is 0 Å². The molecular weight excluding hydrogens is 333 g/mol. The molecule has 1 unspecified atom stereocenters. The van der Waals surface area contributed by atoms with Crippen LogP contribution in [0.4, 0.5) is 5.69 Å². The highest BCUT2D eigenvalue weighted by Gasteiger charge is 2.24. The Bertz CT molecular complexity index is 645. The molecule has 2 rings (SSSR count). The van der Waals surface area contributed by atoms with Crippen molar-refractivity contribution in [3.8, 4) is 0 Å². The summed E-state index contributed by atoms with van der Waals surface area (Å²) < 4.78 is 5.55. The van der Waals surface area contributed by atoms with Gasteiger partial charge in [-0.05, 0) is 30.5 Å². The molecule has 4 nitrogen and oxygen atoms in total. The van der Waals surface area contributed by atoms with Crippen molar-refractivity contribution >= 4 is 46.6 Å². The molecule has 0 saturated heterocycles. The largest absolute Gasteiger partial charge is 0.479 e. The SMILES string of the molecule is CSCc1ccc(C(Nc2cccc(Cl)c2Cl)C(=O)O)o1. The summed E-state index contributed by atoms with van der Waals surface area (Å²) in [6.45, 7) is 0. The Morgan fingerprint density at radius 1 is 1.38 bits per heavy atom. The predicted molar refractivity (Wildman–Crippen MR) is 86.4 cm³/mol. The minimum Gasteiger partial charge on any atom is -0.479 e. The Balaban J connectivity index is 2.26. The van der Waals surface area contributed by atoms with Gasteiger partial charge in [0.15, 0.2) is 6.04 Å². The Hall–Kier alpha value is -1.30. The summed E-state index contributed by atoms with van der Waals surface area (Å²) in [5.41, 5.74) is 0.444. The van der Waals surface area contributed by atoms with Gasteiger partial charge in [0.2, 0.25) is 0 Å². The molecule has 1 atom stereocenters. The lowest BCUT2D eigenvalue weighted by Gasteiger charge is -2.15. The minimum atomic E-state index is -1.06. The van der Waals surface area contributed by atoms with Crippen molar-refractivity contribution < 1.29 is 14.3 Å². The topological polar surface area (TPSA) is 62.5 Å². The van der Waals surface area contributed by atoms with Crippen LogP contribution in [0, 0.1) is 0 Å². The van der Waals surface area contributed by atoms with Gasteiger partial charge in [0.25, 0.3) is 0 Å². The van der Waals surface area contributed by atoms with Crippen LogP contribution >= 0.6 is 35.0 Å². The van der Waals surface area contributed by atoms with Gasteiger partial charge in [-0.25, -0.2) is 4.79 Å². The fraction of sp³-hybridized carbons (Fsp3) is 0.214. The Morgan fingerprint density at radius 3 is 2.81 bits per heavy atom. The molecule has 0 fully saturated rings. The summed E-state index contributed by atoms with van der Waals surface area (Å²) in [4.78, 5) is 11.5. The summed E-state index contributed by atoms with van der Waals surface area (Å²) in [6, 6.07) is 7.37. The summed E-state index contributed by atoms with van der Waals surface area (Å²) in [6.07, 6.45) is 1.95. The fourth-order valence-electron chi connectivity index (χ4n) is 1.79. The Labute approximate surface area is 136 Å². The first kappa shape index (κ1) is 16.1. The molecule has 2 aromatic rings. The highest BCUT2D eigenvalue weighted by Crippen LogP contribution is 2.32. The number of benzene rings is 1. The number of anilines is 1. The van der Waals surface area contributed by atoms with Crippen molar-refractivity contribution in [2.75, 3.05) is 11.6 Å². The van der Waals surface area contributed by atoms with Crippen molar-refractivity contribution in [1.82, 2.24) is 0 Å². The van der Waals surface area contributed by atoms with Gasteiger partial charge in [-0.2, -0.15) is 11.8 Å². The number of carboxylic acids is 1. The van der Waals surface area contributed by atoms with Crippen molar-refractivity contribution in [1.29, 1.82) is 0 Å². The van der Waals surface area contributed by atoms with Crippen LogP contribution in [-0.2, 0) is 10.5 Å². The Kier molecular flexibility index (Phi) is 5.45. The molecule has 1 aromatic carbocycles. The molecule has 2 N–H and O–H groups in total. The third-order valence-electron chi connectivity index (χ3n) is 2.75. The van der Waals surface area contributed by atoms with Gasteiger partial charge in [0, 0.05) is 0 Å². The molecule has 0 aliphatic heterocycles. The number of thioether (sulfide) groups is 1. The van der Waals surface area contributed by atoms with E-state index in [1.807, 2.05) is 6.26 Å². The van der Waals surface area contributed by atoms with Crippen molar-refractivity contribution in [3.05, 3.63) is 51.9 Å². The third kappa shape index (κ3) is 3.87. The van der Waals surface area contributed by atoms with Crippen LogP contribution in [0.2, 0.25) is 10.0 Å². The van der Waals surface area contributed by atoms with Crippen LogP contribution in [0.25, 0.3) is 0 Å². The highest BCUT2D eigenvalue weighted by atomic mass is 35.5. The summed E-state index contributed by atoms with van der Waals surface area (Å²) in [5, 5.41) is 12.9. The summed E-state index contributed by atoms with van der Waals surface area (Å²) in [5.74, 6) is 0.672. The van der Waals surface area contributed by atoms with Gasteiger partial charge in [-0.1, -0.05) is 29.3 Å². The number of rotatable bonds is 6. The van der Waals surface area contributed by atoms with Crippen molar-refractivity contribution in [3.63, 3.8) is 0 Å². The van der Waals surface area contributed by atoms with Crippen LogP contribution in [0.15, 0.2) is 34.7 Å². The summed E-state index contributed by atoms with van der Waals surface area (Å²) in [7, 11) is 0. The second-order valence-corrected chi connectivity index (χ2v) is 5.91. The second kappa shape index (κ2) is 7.11. The minimum absolute atomic E-state index is 0.279. The molecule has 0 radical (unpaired) electrons. The monoisotopic (exact) mass is 345 g/mol. The maximum atomic E-state index is 11.5. The predicted octanol–water partition coefficient (Wildman–Crippen LogP) is 4.69. The lowest BCUT2D eigenvalue weighted by molar-refractivity contribution is -0.138. The molecule has 1 aromatic heterocycles. The van der Waals surface area contributed by atoms with E-state index in [0.717, 1.165) is 5.76 Å². The zero-order valence-corrected chi connectivity index (χ0v) is 13.4.